The van der Waals surface area contributed by atoms with Gasteiger partial charge >= 0.3 is 10.1 Å². The van der Waals surface area contributed by atoms with Crippen LogP contribution in [0.4, 0.5) is 0 Å². The predicted octanol–water partition coefficient (Wildman–Crippen LogP) is 5.98. The van der Waals surface area contributed by atoms with E-state index in [1.54, 1.807) is 30.3 Å². The van der Waals surface area contributed by atoms with Crippen molar-refractivity contribution in [3.05, 3.63) is 76.9 Å². The molecule has 190 valence electrons. The normalized spacial score (nSPS) is 18.3. The summed E-state index contributed by atoms with van der Waals surface area (Å²) < 4.78 is 50.1. The number of hydrogen-bond donors (Lipinski definition) is 0. The highest BCUT2D eigenvalue weighted by Gasteiger charge is 2.33. The van der Waals surface area contributed by atoms with Crippen molar-refractivity contribution in [2.45, 2.75) is 63.4 Å². The van der Waals surface area contributed by atoms with Crippen LogP contribution in [-0.2, 0) is 23.0 Å². The Morgan fingerprint density at radius 1 is 1.06 bits per heavy atom. The van der Waals surface area contributed by atoms with Gasteiger partial charge in [-0.1, -0.05) is 29.8 Å². The zero-order valence-electron chi connectivity index (χ0n) is 21.2. The highest BCUT2D eigenvalue weighted by atomic mass is 32.2. The molecule has 3 aromatic rings. The summed E-state index contributed by atoms with van der Waals surface area (Å²) in [5.74, 6) is 2.54. The Balaban J connectivity index is 1.46. The molecule has 0 radical (unpaired) electrons. The van der Waals surface area contributed by atoms with E-state index in [9.17, 15) is 8.42 Å². The van der Waals surface area contributed by atoms with Crippen LogP contribution >= 0.6 is 0 Å². The number of rotatable bonds is 6. The second-order valence-electron chi connectivity index (χ2n) is 10.1. The maximum absolute atomic E-state index is 13.1. The maximum atomic E-state index is 13.1. The van der Waals surface area contributed by atoms with Gasteiger partial charge in [0.1, 0.15) is 33.5 Å². The summed E-state index contributed by atoms with van der Waals surface area (Å²) in [5.41, 5.74) is 3.78. The first-order valence-electron chi connectivity index (χ1n) is 12.4. The van der Waals surface area contributed by atoms with E-state index in [2.05, 4.69) is 19.9 Å². The van der Waals surface area contributed by atoms with Gasteiger partial charge in [-0.2, -0.15) is 8.42 Å². The van der Waals surface area contributed by atoms with Crippen molar-refractivity contribution >= 4 is 10.1 Å². The lowest BCUT2D eigenvalue weighted by molar-refractivity contribution is 0.0826. The molecule has 2 aliphatic rings. The molecule has 5 rings (SSSR count). The Morgan fingerprint density at radius 3 is 2.58 bits per heavy atom. The van der Waals surface area contributed by atoms with E-state index in [4.69, 9.17) is 18.4 Å². The third-order valence-electron chi connectivity index (χ3n) is 6.80. The summed E-state index contributed by atoms with van der Waals surface area (Å²) in [5, 5.41) is 0. The quantitative estimate of drug-likeness (QED) is 0.381. The van der Waals surface area contributed by atoms with E-state index in [1.807, 2.05) is 32.0 Å². The Hall–Kier alpha value is -3.19. The lowest BCUT2D eigenvalue weighted by Gasteiger charge is -2.36. The van der Waals surface area contributed by atoms with Gasteiger partial charge in [0.2, 0.25) is 0 Å². The summed E-state index contributed by atoms with van der Waals surface area (Å²) in [7, 11) is -4.02. The molecule has 0 aromatic heterocycles. The molecule has 0 saturated carbocycles. The lowest BCUT2D eigenvalue weighted by Crippen LogP contribution is -2.33. The molecule has 0 amide bonds. The van der Waals surface area contributed by atoms with E-state index in [1.165, 1.54) is 0 Å². The van der Waals surface area contributed by atoms with Crippen molar-refractivity contribution in [1.82, 2.24) is 0 Å². The second kappa shape index (κ2) is 9.36. The fourth-order valence-electron chi connectivity index (χ4n) is 4.87. The van der Waals surface area contributed by atoms with Crippen molar-refractivity contribution in [1.29, 1.82) is 0 Å². The van der Waals surface area contributed by atoms with Crippen LogP contribution in [0.1, 0.15) is 55.4 Å². The van der Waals surface area contributed by atoms with Crippen LogP contribution in [0, 0.1) is 6.92 Å². The predicted molar refractivity (Wildman–Crippen MR) is 138 cm³/mol. The minimum atomic E-state index is -4.02. The van der Waals surface area contributed by atoms with Gasteiger partial charge in [-0.25, -0.2) is 0 Å². The van der Waals surface area contributed by atoms with Crippen LogP contribution in [-0.4, -0.2) is 27.2 Å². The van der Waals surface area contributed by atoms with Crippen LogP contribution in [0.2, 0.25) is 0 Å². The molecule has 0 fully saturated rings. The smallest absolute Gasteiger partial charge is 0.339 e. The minimum absolute atomic E-state index is 0.0737. The number of aryl methyl sites for hydroxylation is 1. The maximum Gasteiger partial charge on any atom is 0.339 e. The van der Waals surface area contributed by atoms with Crippen molar-refractivity contribution in [2.24, 2.45) is 0 Å². The van der Waals surface area contributed by atoms with E-state index in [-0.39, 0.29) is 22.2 Å². The summed E-state index contributed by atoms with van der Waals surface area (Å²) in [6.07, 6.45) is 2.54. The average molecular weight is 509 g/mol. The minimum Gasteiger partial charge on any atom is -0.494 e. The van der Waals surface area contributed by atoms with Gasteiger partial charge in [-0.05, 0) is 76.8 Å². The van der Waals surface area contributed by atoms with Crippen LogP contribution in [0.5, 0.6) is 23.0 Å². The van der Waals surface area contributed by atoms with Crippen LogP contribution in [0.3, 0.4) is 0 Å². The van der Waals surface area contributed by atoms with Crippen molar-refractivity contribution in [2.75, 3.05) is 13.2 Å². The van der Waals surface area contributed by atoms with Gasteiger partial charge in [-0.15, -0.1) is 0 Å². The molecule has 1 atom stereocenters. The van der Waals surface area contributed by atoms with E-state index in [0.29, 0.717) is 25.4 Å². The lowest BCUT2D eigenvalue weighted by atomic mass is 9.86. The molecule has 36 heavy (non-hydrogen) atoms. The van der Waals surface area contributed by atoms with Crippen LogP contribution in [0.15, 0.2) is 59.5 Å². The highest BCUT2D eigenvalue weighted by molar-refractivity contribution is 7.87. The fraction of sp³-hybridized carbons (Fsp3) is 0.379. The monoisotopic (exact) mass is 508 g/mol. The van der Waals surface area contributed by atoms with Gasteiger partial charge in [0.05, 0.1) is 13.2 Å². The van der Waals surface area contributed by atoms with Crippen molar-refractivity contribution < 1.29 is 26.8 Å². The molecule has 2 aliphatic heterocycles. The number of ether oxygens (including phenoxy) is 3. The van der Waals surface area contributed by atoms with Gasteiger partial charge in [0, 0.05) is 23.1 Å². The average Bonchev–Trinajstić information content (AvgIpc) is 2.83. The molecule has 0 bridgehead atoms. The molecule has 7 heteroatoms. The van der Waals surface area contributed by atoms with Crippen molar-refractivity contribution in [3.63, 3.8) is 0 Å². The molecule has 2 heterocycles. The number of benzene rings is 3. The first-order chi connectivity index (χ1) is 17.1. The summed E-state index contributed by atoms with van der Waals surface area (Å²) in [6.45, 7) is 8.88. The summed E-state index contributed by atoms with van der Waals surface area (Å²) in [4.78, 5) is 0.112. The molecule has 0 saturated heterocycles. The van der Waals surface area contributed by atoms with E-state index >= 15 is 0 Å². The highest BCUT2D eigenvalue weighted by Crippen LogP contribution is 2.45. The molecule has 3 aromatic carbocycles. The van der Waals surface area contributed by atoms with Crippen molar-refractivity contribution in [3.8, 4) is 23.0 Å². The van der Waals surface area contributed by atoms with Crippen LogP contribution in [0.25, 0.3) is 0 Å². The molecule has 6 nitrogen and oxygen atoms in total. The SMILES string of the molecule is CCOc1ccc(C2COc3c(ccc4c3CCC(C)(C)O4)C2)c(OS(=O)(=O)c2ccc(C)cc2)c1. The first kappa shape index (κ1) is 24.5. The van der Waals surface area contributed by atoms with E-state index < -0.39 is 10.1 Å². The number of fused-ring (bicyclic) bond motifs is 3. The van der Waals surface area contributed by atoms with Gasteiger partial charge < -0.3 is 18.4 Å². The molecular weight excluding hydrogens is 476 g/mol. The Labute approximate surface area is 213 Å². The molecular formula is C29H32O6S. The zero-order chi connectivity index (χ0) is 25.5. The Bertz CT molecular complexity index is 1380. The molecule has 0 spiro atoms. The molecule has 0 aliphatic carbocycles. The van der Waals surface area contributed by atoms with E-state index in [0.717, 1.165) is 46.6 Å². The summed E-state index contributed by atoms with van der Waals surface area (Å²) >= 11 is 0. The topological polar surface area (TPSA) is 71.1 Å². The largest absolute Gasteiger partial charge is 0.494 e. The number of hydrogen-bond acceptors (Lipinski definition) is 6. The third-order valence-corrected chi connectivity index (χ3v) is 8.05. The van der Waals surface area contributed by atoms with Crippen LogP contribution < -0.4 is 18.4 Å². The van der Waals surface area contributed by atoms with Gasteiger partial charge in [0.25, 0.3) is 0 Å². The van der Waals surface area contributed by atoms with Gasteiger partial charge in [0.15, 0.2) is 0 Å². The molecule has 0 N–H and O–H groups in total. The standard InChI is InChI=1S/C29H32O6S/c1-5-32-22-9-12-24(27(17-22)35-36(30,31)23-10-6-19(2)7-11-23)21-16-20-8-13-26-25(28(20)33-18-21)14-15-29(3,4)34-26/h6-13,17,21H,5,14-16,18H2,1-4H3. The Kier molecular flexibility index (Phi) is 6.37. The zero-order valence-corrected chi connectivity index (χ0v) is 22.0. The first-order valence-corrected chi connectivity index (χ1v) is 13.8. The second-order valence-corrected chi connectivity index (χ2v) is 11.6. The fourth-order valence-corrected chi connectivity index (χ4v) is 5.81. The van der Waals surface area contributed by atoms with Gasteiger partial charge in [-0.3, -0.25) is 0 Å². The third kappa shape index (κ3) is 4.89. The molecule has 1 unspecified atom stereocenters. The summed E-state index contributed by atoms with van der Waals surface area (Å²) in [6, 6.07) is 16.1. The Morgan fingerprint density at radius 2 is 1.83 bits per heavy atom.